The summed E-state index contributed by atoms with van der Waals surface area (Å²) in [6.45, 7) is 0. The van der Waals surface area contributed by atoms with E-state index in [0.29, 0.717) is 5.39 Å². The first-order valence-corrected chi connectivity index (χ1v) is 8.19. The number of aromatic hydroxyl groups is 1. The Bertz CT molecular complexity index is 1010. The van der Waals surface area contributed by atoms with E-state index >= 15 is 0 Å². The SMILES string of the molecule is O=C(O)c1c(S(=O)(=O)c2ccccc2)cc2ccccc2c1O. The summed E-state index contributed by atoms with van der Waals surface area (Å²) >= 11 is 0. The Kier molecular flexibility index (Phi) is 3.54. The van der Waals surface area contributed by atoms with Crippen molar-refractivity contribution >= 4 is 26.6 Å². The van der Waals surface area contributed by atoms with Crippen molar-refractivity contribution in [3.8, 4) is 5.75 Å². The van der Waals surface area contributed by atoms with Crippen LogP contribution in [0.4, 0.5) is 0 Å². The van der Waals surface area contributed by atoms with E-state index in [2.05, 4.69) is 0 Å². The molecule has 0 spiro atoms. The summed E-state index contributed by atoms with van der Waals surface area (Å²) in [7, 11) is -4.07. The highest BCUT2D eigenvalue weighted by Crippen LogP contribution is 2.36. The molecule has 3 rings (SSSR count). The van der Waals surface area contributed by atoms with Crippen molar-refractivity contribution in [2.45, 2.75) is 9.79 Å². The number of benzene rings is 3. The Morgan fingerprint density at radius 3 is 2.17 bits per heavy atom. The summed E-state index contributed by atoms with van der Waals surface area (Å²) in [6.07, 6.45) is 0. The first kappa shape index (κ1) is 15.1. The molecule has 0 aliphatic carbocycles. The van der Waals surface area contributed by atoms with Gasteiger partial charge in [-0.15, -0.1) is 0 Å². The van der Waals surface area contributed by atoms with Crippen molar-refractivity contribution < 1.29 is 23.4 Å². The molecule has 0 fully saturated rings. The van der Waals surface area contributed by atoms with E-state index in [-0.39, 0.29) is 10.3 Å². The zero-order valence-corrected chi connectivity index (χ0v) is 12.6. The molecule has 0 saturated heterocycles. The van der Waals surface area contributed by atoms with Crippen LogP contribution < -0.4 is 0 Å². The Hall–Kier alpha value is -2.86. The molecule has 5 nitrogen and oxygen atoms in total. The number of carboxylic acid groups (broad SMARTS) is 1. The fraction of sp³-hybridized carbons (Fsp3) is 0. The minimum absolute atomic E-state index is 0.0304. The van der Waals surface area contributed by atoms with E-state index in [1.54, 1.807) is 36.4 Å². The highest BCUT2D eigenvalue weighted by Gasteiger charge is 2.28. The molecule has 2 N–H and O–H groups in total. The van der Waals surface area contributed by atoms with Crippen LogP contribution in [0.1, 0.15) is 10.4 Å². The molecule has 116 valence electrons. The highest BCUT2D eigenvalue weighted by atomic mass is 32.2. The van der Waals surface area contributed by atoms with Gasteiger partial charge >= 0.3 is 5.97 Å². The largest absolute Gasteiger partial charge is 0.506 e. The van der Waals surface area contributed by atoms with Crippen molar-refractivity contribution in [2.24, 2.45) is 0 Å². The maximum Gasteiger partial charge on any atom is 0.340 e. The predicted octanol–water partition coefficient (Wildman–Crippen LogP) is 3.08. The standard InChI is InChI=1S/C17H12O5S/c18-16-13-9-5-4-6-11(13)10-14(15(16)17(19)20)23(21,22)12-7-2-1-3-8-12/h1-10,18H,(H,19,20). The van der Waals surface area contributed by atoms with Crippen molar-refractivity contribution in [3.05, 3.63) is 66.2 Å². The van der Waals surface area contributed by atoms with Gasteiger partial charge in [0.15, 0.2) is 0 Å². The van der Waals surface area contributed by atoms with Crippen LogP contribution in [0.3, 0.4) is 0 Å². The van der Waals surface area contributed by atoms with Crippen LogP contribution >= 0.6 is 0 Å². The predicted molar refractivity (Wildman–Crippen MR) is 84.5 cm³/mol. The molecule has 0 amide bonds. The van der Waals surface area contributed by atoms with Gasteiger partial charge in [0.05, 0.1) is 9.79 Å². The molecule has 3 aromatic carbocycles. The summed E-state index contributed by atoms with van der Waals surface area (Å²) in [5.41, 5.74) is -0.618. The Balaban J connectivity index is 2.42. The molecule has 0 atom stereocenters. The fourth-order valence-electron chi connectivity index (χ4n) is 2.45. The van der Waals surface area contributed by atoms with E-state index < -0.39 is 32.0 Å². The summed E-state index contributed by atoms with van der Waals surface area (Å²) < 4.78 is 25.6. The van der Waals surface area contributed by atoms with Gasteiger partial charge in [-0.2, -0.15) is 0 Å². The molecule has 0 heterocycles. The van der Waals surface area contributed by atoms with Crippen LogP contribution in [0.15, 0.2) is 70.5 Å². The fourth-order valence-corrected chi connectivity index (χ4v) is 3.95. The second kappa shape index (κ2) is 5.40. The van der Waals surface area contributed by atoms with Gasteiger partial charge in [0.2, 0.25) is 9.84 Å². The second-order valence-electron chi connectivity index (χ2n) is 4.94. The number of carbonyl (C=O) groups is 1. The van der Waals surface area contributed by atoms with E-state index in [1.807, 2.05) is 0 Å². The number of hydrogen-bond donors (Lipinski definition) is 2. The van der Waals surface area contributed by atoms with Gasteiger partial charge in [0.25, 0.3) is 0 Å². The van der Waals surface area contributed by atoms with Crippen molar-refractivity contribution in [3.63, 3.8) is 0 Å². The van der Waals surface area contributed by atoms with Gasteiger partial charge in [-0.1, -0.05) is 42.5 Å². The Morgan fingerprint density at radius 2 is 1.52 bits per heavy atom. The molecule has 0 aliphatic heterocycles. The lowest BCUT2D eigenvalue weighted by Gasteiger charge is -2.12. The summed E-state index contributed by atoms with van der Waals surface area (Å²) in [5, 5.41) is 20.4. The third-order valence-corrected chi connectivity index (χ3v) is 5.34. The van der Waals surface area contributed by atoms with Crippen LogP contribution in [0.25, 0.3) is 10.8 Å². The van der Waals surface area contributed by atoms with Gasteiger partial charge in [0, 0.05) is 5.39 Å². The van der Waals surface area contributed by atoms with Crippen molar-refractivity contribution in [1.29, 1.82) is 0 Å². The van der Waals surface area contributed by atoms with Crippen LogP contribution in [-0.4, -0.2) is 24.6 Å². The first-order valence-electron chi connectivity index (χ1n) is 6.71. The molecule has 0 radical (unpaired) electrons. The number of carboxylic acids is 1. The van der Waals surface area contributed by atoms with Crippen molar-refractivity contribution in [2.75, 3.05) is 0 Å². The zero-order chi connectivity index (χ0) is 16.6. The highest BCUT2D eigenvalue weighted by molar-refractivity contribution is 7.91. The molecule has 0 unspecified atom stereocenters. The molecular weight excluding hydrogens is 316 g/mol. The maximum absolute atomic E-state index is 12.8. The number of fused-ring (bicyclic) bond motifs is 1. The third kappa shape index (κ3) is 2.43. The lowest BCUT2D eigenvalue weighted by Crippen LogP contribution is -2.10. The monoisotopic (exact) mass is 328 g/mol. The molecule has 0 aromatic heterocycles. The van der Waals surface area contributed by atoms with Crippen LogP contribution in [0, 0.1) is 0 Å². The first-order chi connectivity index (χ1) is 10.9. The van der Waals surface area contributed by atoms with Crippen molar-refractivity contribution in [1.82, 2.24) is 0 Å². The molecule has 3 aromatic rings. The quantitative estimate of drug-likeness (QED) is 0.771. The number of hydrogen-bond acceptors (Lipinski definition) is 4. The third-order valence-electron chi connectivity index (χ3n) is 3.54. The number of rotatable bonds is 3. The van der Waals surface area contributed by atoms with E-state index in [1.165, 1.54) is 24.3 Å². The van der Waals surface area contributed by atoms with E-state index in [9.17, 15) is 23.4 Å². The molecule has 6 heteroatoms. The smallest absolute Gasteiger partial charge is 0.340 e. The molecule has 0 saturated carbocycles. The molecular formula is C17H12O5S. The van der Waals surface area contributed by atoms with Gasteiger partial charge in [-0.3, -0.25) is 0 Å². The Labute approximate surface area is 132 Å². The lowest BCUT2D eigenvalue weighted by molar-refractivity contribution is 0.0689. The lowest BCUT2D eigenvalue weighted by atomic mass is 10.1. The Morgan fingerprint density at radius 1 is 0.913 bits per heavy atom. The summed E-state index contributed by atoms with van der Waals surface area (Å²) in [6, 6.07) is 15.3. The normalized spacial score (nSPS) is 11.5. The van der Waals surface area contributed by atoms with Gasteiger partial charge in [-0.05, 0) is 23.6 Å². The molecule has 0 bridgehead atoms. The number of sulfone groups is 1. The van der Waals surface area contributed by atoms with E-state index in [4.69, 9.17) is 0 Å². The van der Waals surface area contributed by atoms with Crippen LogP contribution in [0.5, 0.6) is 5.75 Å². The average molecular weight is 328 g/mol. The van der Waals surface area contributed by atoms with Crippen LogP contribution in [-0.2, 0) is 9.84 Å². The second-order valence-corrected chi connectivity index (χ2v) is 6.86. The minimum atomic E-state index is -4.07. The molecule has 23 heavy (non-hydrogen) atoms. The van der Waals surface area contributed by atoms with E-state index in [0.717, 1.165) is 0 Å². The zero-order valence-electron chi connectivity index (χ0n) is 11.8. The van der Waals surface area contributed by atoms with Crippen LogP contribution in [0.2, 0.25) is 0 Å². The van der Waals surface area contributed by atoms with Gasteiger partial charge < -0.3 is 10.2 Å². The number of phenols is 1. The molecule has 0 aliphatic rings. The van der Waals surface area contributed by atoms with Gasteiger partial charge in [0.1, 0.15) is 11.3 Å². The maximum atomic E-state index is 12.8. The minimum Gasteiger partial charge on any atom is -0.506 e. The number of aromatic carboxylic acids is 1. The summed E-state index contributed by atoms with van der Waals surface area (Å²) in [5.74, 6) is -2.05. The van der Waals surface area contributed by atoms with Gasteiger partial charge in [-0.25, -0.2) is 13.2 Å². The topological polar surface area (TPSA) is 91.7 Å². The average Bonchev–Trinajstić information content (AvgIpc) is 2.55. The summed E-state index contributed by atoms with van der Waals surface area (Å²) in [4.78, 5) is 11.1.